The van der Waals surface area contributed by atoms with Crippen LogP contribution < -0.4 is 0 Å². The summed E-state index contributed by atoms with van der Waals surface area (Å²) in [5.41, 5.74) is 0. The van der Waals surface area contributed by atoms with Crippen molar-refractivity contribution in [1.29, 1.82) is 0 Å². The maximum Gasteiger partial charge on any atom is 0.367 e. The van der Waals surface area contributed by atoms with Gasteiger partial charge in [0.25, 0.3) is 5.97 Å². The van der Waals surface area contributed by atoms with Crippen molar-refractivity contribution in [2.24, 2.45) is 0 Å². The number of carbonyl (C=O) groups is 4. The van der Waals surface area contributed by atoms with E-state index in [0.717, 1.165) is 6.92 Å². The lowest BCUT2D eigenvalue weighted by atomic mass is 10.8. The number of aliphatic carboxylic acids is 3. The number of carboxylic acids is 3. The van der Waals surface area contributed by atoms with Crippen LogP contribution in [0.5, 0.6) is 0 Å². The predicted octanol–water partition coefficient (Wildman–Crippen LogP) is -2.70. The van der Waals surface area contributed by atoms with Crippen LogP contribution in [0.2, 0.25) is 0 Å². The number of hydrogen-bond donors (Lipinski definition) is 6. The molecule has 0 aromatic rings. The van der Waals surface area contributed by atoms with Crippen LogP contribution in [0.15, 0.2) is 0 Å². The van der Waals surface area contributed by atoms with Gasteiger partial charge in [0.2, 0.25) is 0 Å². The first-order chi connectivity index (χ1) is 9.58. The third-order valence-electron chi connectivity index (χ3n) is 0.576. The predicted molar refractivity (Wildman–Crippen MR) is 62.9 cm³/mol. The summed E-state index contributed by atoms with van der Waals surface area (Å²) in [5, 5.41) is 45.4. The molecule has 0 spiro atoms. The molecule has 0 aliphatic carbocycles. The standard InChI is InChI=1S/C3H6O4.2C2H4O3.C2H4O2/c1-6-7-3(5)2-4;2*3-1-2(4)5;1-2(3)4/h4H,2H2,1H3;2*3H,1H2,(H,4,5);1H3,(H,3,4). The van der Waals surface area contributed by atoms with Crippen molar-refractivity contribution in [1.82, 2.24) is 0 Å². The largest absolute Gasteiger partial charge is 0.481 e. The second kappa shape index (κ2) is 22.9. The molecule has 12 heteroatoms. The molecule has 0 aromatic heterocycles. The van der Waals surface area contributed by atoms with Crippen LogP contribution in [0.1, 0.15) is 6.92 Å². The summed E-state index contributed by atoms with van der Waals surface area (Å²) >= 11 is 0. The quantitative estimate of drug-likeness (QED) is 0.231. The fourth-order valence-corrected chi connectivity index (χ4v) is 0.119. The number of carboxylic acid groups (broad SMARTS) is 3. The van der Waals surface area contributed by atoms with Crippen LogP contribution in [-0.4, -0.2) is 81.4 Å². The van der Waals surface area contributed by atoms with Gasteiger partial charge in [-0.25, -0.2) is 14.4 Å². The van der Waals surface area contributed by atoms with Gasteiger partial charge in [0.15, 0.2) is 0 Å². The normalized spacial score (nSPS) is 7.48. The molecule has 0 saturated carbocycles. The minimum atomic E-state index is -1.19. The SMILES string of the molecule is CC(=O)O.COOC(=O)CO.O=C(O)CO.O=C(O)CO. The Balaban J connectivity index is -0.0000000939. The average Bonchev–Trinajstić information content (AvgIpc) is 2.39. The highest BCUT2D eigenvalue weighted by Crippen LogP contribution is 1.72. The maximum absolute atomic E-state index is 9.81. The van der Waals surface area contributed by atoms with Crippen LogP contribution in [0.4, 0.5) is 0 Å². The van der Waals surface area contributed by atoms with Gasteiger partial charge in [0, 0.05) is 6.92 Å². The Kier molecular flexibility index (Phi) is 29.5. The molecule has 0 amide bonds. The van der Waals surface area contributed by atoms with Crippen LogP contribution in [-0.2, 0) is 29.0 Å². The van der Waals surface area contributed by atoms with Gasteiger partial charge in [-0.15, -0.1) is 0 Å². The lowest BCUT2D eigenvalue weighted by Gasteiger charge is -1.91. The highest BCUT2D eigenvalue weighted by molar-refractivity contribution is 5.69. The zero-order valence-corrected chi connectivity index (χ0v) is 11.3. The van der Waals surface area contributed by atoms with Crippen molar-refractivity contribution < 1.29 is 59.6 Å². The third-order valence-corrected chi connectivity index (χ3v) is 0.576. The van der Waals surface area contributed by atoms with Crippen LogP contribution in [0, 0.1) is 0 Å². The molecule has 0 heterocycles. The Morgan fingerprint density at radius 3 is 1.10 bits per heavy atom. The molecule has 21 heavy (non-hydrogen) atoms. The van der Waals surface area contributed by atoms with Gasteiger partial charge in [0.1, 0.15) is 19.8 Å². The molecule has 0 aliphatic rings. The molecule has 0 radical (unpaired) electrons. The maximum atomic E-state index is 9.81. The van der Waals surface area contributed by atoms with Crippen LogP contribution in [0.3, 0.4) is 0 Å². The van der Waals surface area contributed by atoms with Gasteiger partial charge >= 0.3 is 17.9 Å². The van der Waals surface area contributed by atoms with Gasteiger partial charge in [-0.1, -0.05) is 0 Å². The van der Waals surface area contributed by atoms with Gasteiger partial charge in [-0.3, -0.25) is 9.68 Å². The van der Waals surface area contributed by atoms with E-state index in [1.165, 1.54) is 7.11 Å². The Bertz CT molecular complexity index is 268. The molecule has 0 aromatic carbocycles. The second-order valence-corrected chi connectivity index (χ2v) is 2.40. The van der Waals surface area contributed by atoms with E-state index >= 15 is 0 Å². The van der Waals surface area contributed by atoms with Gasteiger partial charge in [-0.2, -0.15) is 4.89 Å². The van der Waals surface area contributed by atoms with Crippen LogP contribution in [0.25, 0.3) is 0 Å². The Morgan fingerprint density at radius 1 is 0.810 bits per heavy atom. The van der Waals surface area contributed by atoms with Crippen molar-refractivity contribution in [2.75, 3.05) is 26.9 Å². The van der Waals surface area contributed by atoms with E-state index in [9.17, 15) is 4.79 Å². The second-order valence-electron chi connectivity index (χ2n) is 2.40. The van der Waals surface area contributed by atoms with Crippen molar-refractivity contribution >= 4 is 23.9 Å². The van der Waals surface area contributed by atoms with E-state index in [1.54, 1.807) is 0 Å². The molecule has 6 N–H and O–H groups in total. The molecular formula is C9H18O12. The van der Waals surface area contributed by atoms with Crippen LogP contribution >= 0.6 is 0 Å². The Labute approximate surface area is 118 Å². The number of aliphatic hydroxyl groups is 3. The minimum Gasteiger partial charge on any atom is -0.481 e. The van der Waals surface area contributed by atoms with Gasteiger partial charge in [-0.05, 0) is 0 Å². The summed E-state index contributed by atoms with van der Waals surface area (Å²) in [7, 11) is 1.19. The first-order valence-electron chi connectivity index (χ1n) is 4.78. The Morgan fingerprint density at radius 2 is 1.05 bits per heavy atom. The van der Waals surface area contributed by atoms with Gasteiger partial charge < -0.3 is 30.6 Å². The first-order valence-corrected chi connectivity index (χ1v) is 4.78. The third kappa shape index (κ3) is 97.0. The summed E-state index contributed by atoms with van der Waals surface area (Å²) in [6.07, 6.45) is 0. The fraction of sp³-hybridized carbons (Fsp3) is 0.556. The van der Waals surface area contributed by atoms with Crippen molar-refractivity contribution in [3.8, 4) is 0 Å². The number of hydrogen-bond acceptors (Lipinski definition) is 9. The van der Waals surface area contributed by atoms with Crippen molar-refractivity contribution in [3.05, 3.63) is 0 Å². The number of aliphatic hydroxyl groups excluding tert-OH is 3. The Hall–Kier alpha value is -2.28. The molecule has 12 nitrogen and oxygen atoms in total. The highest BCUT2D eigenvalue weighted by atomic mass is 17.2. The lowest BCUT2D eigenvalue weighted by molar-refractivity contribution is -0.257. The molecule has 126 valence electrons. The number of carbonyl (C=O) groups excluding carboxylic acids is 1. The first kappa shape index (κ1) is 27.1. The summed E-state index contributed by atoms with van der Waals surface area (Å²) < 4.78 is 0. The molecule has 0 saturated heterocycles. The summed E-state index contributed by atoms with van der Waals surface area (Å²) in [6, 6.07) is 0. The smallest absolute Gasteiger partial charge is 0.367 e. The monoisotopic (exact) mass is 318 g/mol. The molecule has 0 fully saturated rings. The summed E-state index contributed by atoms with van der Waals surface area (Å²) in [4.78, 5) is 44.7. The lowest BCUT2D eigenvalue weighted by Crippen LogP contribution is -2.07. The van der Waals surface area contributed by atoms with Crippen molar-refractivity contribution in [3.63, 3.8) is 0 Å². The van der Waals surface area contributed by atoms with Gasteiger partial charge in [0.05, 0.1) is 7.11 Å². The van der Waals surface area contributed by atoms with Crippen molar-refractivity contribution in [2.45, 2.75) is 6.92 Å². The van der Waals surface area contributed by atoms with E-state index in [0.29, 0.717) is 0 Å². The minimum absolute atomic E-state index is 0.645. The average molecular weight is 318 g/mol. The summed E-state index contributed by atoms with van der Waals surface area (Å²) in [5.74, 6) is -4.00. The van der Waals surface area contributed by atoms with E-state index in [1.807, 2.05) is 0 Å². The zero-order valence-electron chi connectivity index (χ0n) is 11.3. The van der Waals surface area contributed by atoms with E-state index in [-0.39, 0.29) is 0 Å². The van der Waals surface area contributed by atoms with E-state index < -0.39 is 43.7 Å². The molecular weight excluding hydrogens is 300 g/mol. The zero-order chi connectivity index (χ0) is 17.8. The molecule has 0 rings (SSSR count). The topological polar surface area (TPSA) is 208 Å². The summed E-state index contributed by atoms with van der Waals surface area (Å²) in [6.45, 7) is -1.12. The number of rotatable bonds is 4. The van der Waals surface area contributed by atoms with E-state index in [4.69, 9.17) is 45.0 Å². The molecule has 0 bridgehead atoms. The molecule has 0 atom stereocenters. The fourth-order valence-electron chi connectivity index (χ4n) is 0.119. The van der Waals surface area contributed by atoms with E-state index in [2.05, 4.69) is 9.78 Å². The highest BCUT2D eigenvalue weighted by Gasteiger charge is 1.95. The molecule has 0 aliphatic heterocycles. The molecule has 0 unspecified atom stereocenters.